The highest BCUT2D eigenvalue weighted by molar-refractivity contribution is 7.89. The zero-order valence-corrected chi connectivity index (χ0v) is 12.2. The molecule has 1 atom stereocenters. The minimum atomic E-state index is -3.57. The normalized spacial score (nSPS) is 19.9. The van der Waals surface area contributed by atoms with Gasteiger partial charge in [0.2, 0.25) is 10.0 Å². The molecule has 1 aromatic rings. The molecule has 0 amide bonds. The molecule has 20 heavy (non-hydrogen) atoms. The number of rotatable bonds is 6. The van der Waals surface area contributed by atoms with Gasteiger partial charge in [-0.2, -0.15) is 0 Å². The highest BCUT2D eigenvalue weighted by Crippen LogP contribution is 2.17. The van der Waals surface area contributed by atoms with Crippen LogP contribution in [0.25, 0.3) is 0 Å². The van der Waals surface area contributed by atoms with E-state index in [4.69, 9.17) is 4.74 Å². The second-order valence-corrected chi connectivity index (χ2v) is 6.68. The number of sulfonamides is 1. The van der Waals surface area contributed by atoms with Crippen LogP contribution < -0.4 is 4.72 Å². The Morgan fingerprint density at radius 1 is 1.30 bits per heavy atom. The molecule has 0 spiro atoms. The molecule has 2 N–H and O–H groups in total. The predicted octanol–water partition coefficient (Wildman–Crippen LogP) is 1.42. The summed E-state index contributed by atoms with van der Waals surface area (Å²) in [6.07, 6.45) is 4.06. The molecule has 2 rings (SSSR count). The van der Waals surface area contributed by atoms with Crippen LogP contribution >= 0.6 is 0 Å². The van der Waals surface area contributed by atoms with Crippen LogP contribution in [0.1, 0.15) is 31.2 Å². The maximum absolute atomic E-state index is 12.2. The van der Waals surface area contributed by atoms with Crippen LogP contribution in [0, 0.1) is 0 Å². The van der Waals surface area contributed by atoms with Crippen molar-refractivity contribution in [1.29, 1.82) is 0 Å². The summed E-state index contributed by atoms with van der Waals surface area (Å²) >= 11 is 0. The number of aliphatic hydroxyl groups is 1. The molecule has 1 fully saturated rings. The summed E-state index contributed by atoms with van der Waals surface area (Å²) < 4.78 is 32.5. The molecule has 0 bridgehead atoms. The second kappa shape index (κ2) is 7.17. The number of nitrogens with one attached hydrogen (secondary N) is 1. The Balaban J connectivity index is 1.93. The molecule has 1 aliphatic heterocycles. The fourth-order valence-electron chi connectivity index (χ4n) is 2.36. The molecule has 1 heterocycles. The zero-order chi connectivity index (χ0) is 14.4. The number of ether oxygens (including phenoxy) is 1. The monoisotopic (exact) mass is 299 g/mol. The highest BCUT2D eigenvalue weighted by Gasteiger charge is 2.19. The minimum Gasteiger partial charge on any atom is -0.392 e. The first-order chi connectivity index (χ1) is 9.63. The van der Waals surface area contributed by atoms with E-state index < -0.39 is 10.0 Å². The standard InChI is InChI=1S/C14H21NO4S/c16-11-12-5-1-2-7-14(12)20(17,18)15-9-8-13-6-3-4-10-19-13/h1-2,5,7,13,15-16H,3-4,6,8-11H2. The quantitative estimate of drug-likeness (QED) is 0.833. The summed E-state index contributed by atoms with van der Waals surface area (Å²) in [6.45, 7) is 0.834. The predicted molar refractivity (Wildman–Crippen MR) is 75.8 cm³/mol. The van der Waals surface area contributed by atoms with Crippen LogP contribution in [-0.4, -0.2) is 32.8 Å². The Morgan fingerprint density at radius 2 is 2.10 bits per heavy atom. The third-order valence-electron chi connectivity index (χ3n) is 3.46. The van der Waals surface area contributed by atoms with Gasteiger partial charge in [0.05, 0.1) is 17.6 Å². The van der Waals surface area contributed by atoms with Crippen LogP contribution in [0.2, 0.25) is 0 Å². The number of benzene rings is 1. The van der Waals surface area contributed by atoms with Crippen molar-refractivity contribution in [2.24, 2.45) is 0 Å². The third kappa shape index (κ3) is 4.02. The molecule has 1 unspecified atom stereocenters. The summed E-state index contributed by atoms with van der Waals surface area (Å²) in [5, 5.41) is 9.20. The largest absolute Gasteiger partial charge is 0.392 e. The van der Waals surface area contributed by atoms with E-state index in [0.29, 0.717) is 18.5 Å². The van der Waals surface area contributed by atoms with Crippen molar-refractivity contribution in [3.8, 4) is 0 Å². The van der Waals surface area contributed by atoms with Crippen LogP contribution in [0.3, 0.4) is 0 Å². The van der Waals surface area contributed by atoms with Crippen LogP contribution in [0.5, 0.6) is 0 Å². The van der Waals surface area contributed by atoms with Gasteiger partial charge in [0, 0.05) is 13.2 Å². The fourth-order valence-corrected chi connectivity index (χ4v) is 3.64. The fraction of sp³-hybridized carbons (Fsp3) is 0.571. The highest BCUT2D eigenvalue weighted by atomic mass is 32.2. The summed E-state index contributed by atoms with van der Waals surface area (Å²) in [4.78, 5) is 0.145. The summed E-state index contributed by atoms with van der Waals surface area (Å²) in [7, 11) is -3.57. The lowest BCUT2D eigenvalue weighted by Crippen LogP contribution is -2.30. The maximum Gasteiger partial charge on any atom is 0.240 e. The van der Waals surface area contributed by atoms with E-state index >= 15 is 0 Å². The Morgan fingerprint density at radius 3 is 2.80 bits per heavy atom. The summed E-state index contributed by atoms with van der Waals surface area (Å²) in [6, 6.07) is 6.47. The Kier molecular flexibility index (Phi) is 5.54. The first kappa shape index (κ1) is 15.4. The lowest BCUT2D eigenvalue weighted by atomic mass is 10.1. The molecule has 0 saturated carbocycles. The molecule has 112 valence electrons. The van der Waals surface area contributed by atoms with Crippen molar-refractivity contribution in [1.82, 2.24) is 4.72 Å². The van der Waals surface area contributed by atoms with Crippen LogP contribution in [0.4, 0.5) is 0 Å². The summed E-state index contributed by atoms with van der Waals surface area (Å²) in [5.41, 5.74) is 0.411. The third-order valence-corrected chi connectivity index (χ3v) is 5.03. The van der Waals surface area contributed by atoms with E-state index in [0.717, 1.165) is 25.9 Å². The van der Waals surface area contributed by atoms with Gasteiger partial charge in [0.1, 0.15) is 0 Å². The van der Waals surface area contributed by atoms with Gasteiger partial charge in [-0.3, -0.25) is 0 Å². The van der Waals surface area contributed by atoms with Crippen molar-refractivity contribution in [2.45, 2.75) is 43.3 Å². The lowest BCUT2D eigenvalue weighted by molar-refractivity contribution is 0.0123. The van der Waals surface area contributed by atoms with Gasteiger partial charge >= 0.3 is 0 Å². The zero-order valence-electron chi connectivity index (χ0n) is 11.4. The smallest absolute Gasteiger partial charge is 0.240 e. The molecule has 0 aliphatic carbocycles. The molecule has 1 aliphatic rings. The van der Waals surface area contributed by atoms with Crippen molar-refractivity contribution in [3.63, 3.8) is 0 Å². The number of aliphatic hydroxyl groups excluding tert-OH is 1. The van der Waals surface area contributed by atoms with Gasteiger partial charge in [0.15, 0.2) is 0 Å². The van der Waals surface area contributed by atoms with Crippen LogP contribution in [-0.2, 0) is 21.4 Å². The molecule has 1 aromatic carbocycles. The van der Waals surface area contributed by atoms with E-state index in [1.807, 2.05) is 0 Å². The molecule has 0 aromatic heterocycles. The van der Waals surface area contributed by atoms with Crippen molar-refractivity contribution < 1.29 is 18.3 Å². The first-order valence-corrected chi connectivity index (χ1v) is 8.42. The topological polar surface area (TPSA) is 75.6 Å². The van der Waals surface area contributed by atoms with Crippen molar-refractivity contribution in [3.05, 3.63) is 29.8 Å². The molecule has 1 saturated heterocycles. The molecular weight excluding hydrogens is 278 g/mol. The molecule has 0 radical (unpaired) electrons. The summed E-state index contributed by atoms with van der Waals surface area (Å²) in [5.74, 6) is 0. The average molecular weight is 299 g/mol. The van der Waals surface area contributed by atoms with Gasteiger partial charge in [-0.05, 0) is 37.3 Å². The molecule has 5 nitrogen and oxygen atoms in total. The van der Waals surface area contributed by atoms with E-state index in [2.05, 4.69) is 4.72 Å². The Bertz CT molecular complexity index is 524. The van der Waals surface area contributed by atoms with E-state index in [-0.39, 0.29) is 17.6 Å². The minimum absolute atomic E-state index is 0.145. The maximum atomic E-state index is 12.2. The van der Waals surface area contributed by atoms with Gasteiger partial charge in [-0.1, -0.05) is 18.2 Å². The molecule has 6 heteroatoms. The van der Waals surface area contributed by atoms with Gasteiger partial charge in [-0.15, -0.1) is 0 Å². The van der Waals surface area contributed by atoms with Crippen LogP contribution in [0.15, 0.2) is 29.2 Å². The van der Waals surface area contributed by atoms with Crippen molar-refractivity contribution >= 4 is 10.0 Å². The number of hydrogen-bond donors (Lipinski definition) is 2. The first-order valence-electron chi connectivity index (χ1n) is 6.93. The van der Waals surface area contributed by atoms with E-state index in [1.54, 1.807) is 18.2 Å². The second-order valence-electron chi connectivity index (χ2n) is 4.94. The SMILES string of the molecule is O=S(=O)(NCCC1CCCCO1)c1ccccc1CO. The van der Waals surface area contributed by atoms with E-state index in [1.165, 1.54) is 6.07 Å². The van der Waals surface area contributed by atoms with Gasteiger partial charge < -0.3 is 9.84 Å². The average Bonchev–Trinajstić information content (AvgIpc) is 2.48. The number of hydrogen-bond acceptors (Lipinski definition) is 4. The Hall–Kier alpha value is -0.950. The lowest BCUT2D eigenvalue weighted by Gasteiger charge is -2.22. The van der Waals surface area contributed by atoms with E-state index in [9.17, 15) is 13.5 Å². The van der Waals surface area contributed by atoms with Gasteiger partial charge in [0.25, 0.3) is 0 Å². The Labute approximate surface area is 120 Å². The molecular formula is C14H21NO4S. The van der Waals surface area contributed by atoms with Crippen molar-refractivity contribution in [2.75, 3.05) is 13.2 Å². The van der Waals surface area contributed by atoms with Gasteiger partial charge in [-0.25, -0.2) is 13.1 Å².